The Morgan fingerprint density at radius 3 is 2.57 bits per heavy atom. The highest BCUT2D eigenvalue weighted by molar-refractivity contribution is 5.55. The van der Waals surface area contributed by atoms with Gasteiger partial charge in [-0.1, -0.05) is 24.3 Å². The van der Waals surface area contributed by atoms with E-state index in [0.717, 1.165) is 17.3 Å². The summed E-state index contributed by atoms with van der Waals surface area (Å²) in [5, 5.41) is 22.7. The maximum absolute atomic E-state index is 10.6. The number of nitro groups is 1. The van der Waals surface area contributed by atoms with Gasteiger partial charge in [-0.2, -0.15) is 5.26 Å². The minimum atomic E-state index is -0.580. The lowest BCUT2D eigenvalue weighted by Crippen LogP contribution is -2.04. The SMILES string of the molecule is N#Cc1cc([N+](=O)[O-])cnc1NCc1ccc(CN)cc1. The number of anilines is 1. The van der Waals surface area contributed by atoms with Gasteiger partial charge in [0.15, 0.2) is 0 Å². The van der Waals surface area contributed by atoms with Crippen LogP contribution in [0.1, 0.15) is 16.7 Å². The molecule has 2 rings (SSSR count). The molecule has 1 aromatic carbocycles. The van der Waals surface area contributed by atoms with Crippen molar-refractivity contribution in [3.05, 3.63) is 63.3 Å². The van der Waals surface area contributed by atoms with Gasteiger partial charge in [0.05, 0.1) is 4.92 Å². The van der Waals surface area contributed by atoms with E-state index in [-0.39, 0.29) is 11.3 Å². The number of nitriles is 1. The Balaban J connectivity index is 2.12. The van der Waals surface area contributed by atoms with Gasteiger partial charge in [0.2, 0.25) is 0 Å². The number of nitrogens with zero attached hydrogens (tertiary/aromatic N) is 3. The number of rotatable bonds is 5. The maximum Gasteiger partial charge on any atom is 0.289 e. The van der Waals surface area contributed by atoms with Crippen molar-refractivity contribution in [2.45, 2.75) is 13.1 Å². The topological polar surface area (TPSA) is 118 Å². The molecule has 21 heavy (non-hydrogen) atoms. The summed E-state index contributed by atoms with van der Waals surface area (Å²) < 4.78 is 0. The molecule has 0 saturated carbocycles. The molecule has 0 aliphatic heterocycles. The summed E-state index contributed by atoms with van der Waals surface area (Å²) in [6.07, 6.45) is 1.13. The zero-order chi connectivity index (χ0) is 15.2. The third-order valence-corrected chi connectivity index (χ3v) is 2.92. The summed E-state index contributed by atoms with van der Waals surface area (Å²) in [4.78, 5) is 14.0. The second kappa shape index (κ2) is 6.45. The molecule has 3 N–H and O–H groups in total. The summed E-state index contributed by atoms with van der Waals surface area (Å²) in [5.41, 5.74) is 7.49. The van der Waals surface area contributed by atoms with Crippen molar-refractivity contribution >= 4 is 11.5 Å². The summed E-state index contributed by atoms with van der Waals surface area (Å²) in [7, 11) is 0. The lowest BCUT2D eigenvalue weighted by atomic mass is 10.1. The number of nitrogens with two attached hydrogens (primary N) is 1. The van der Waals surface area contributed by atoms with Crippen LogP contribution in [0.5, 0.6) is 0 Å². The van der Waals surface area contributed by atoms with E-state index in [4.69, 9.17) is 11.0 Å². The molecule has 0 aliphatic carbocycles. The summed E-state index contributed by atoms with van der Waals surface area (Å²) in [5.74, 6) is 0.325. The second-order valence-corrected chi connectivity index (χ2v) is 4.33. The van der Waals surface area contributed by atoms with Crippen molar-refractivity contribution in [1.82, 2.24) is 4.98 Å². The molecule has 2 aromatic rings. The molecule has 0 amide bonds. The van der Waals surface area contributed by atoms with Gasteiger partial charge in [-0.05, 0) is 11.1 Å². The van der Waals surface area contributed by atoms with Crippen LogP contribution < -0.4 is 11.1 Å². The summed E-state index contributed by atoms with van der Waals surface area (Å²) in [6.45, 7) is 0.945. The first kappa shape index (κ1) is 14.4. The van der Waals surface area contributed by atoms with Crippen LogP contribution in [0.2, 0.25) is 0 Å². The van der Waals surface area contributed by atoms with Crippen LogP contribution in [0.4, 0.5) is 11.5 Å². The van der Waals surface area contributed by atoms with Crippen LogP contribution in [-0.2, 0) is 13.1 Å². The minimum absolute atomic E-state index is 0.141. The number of nitrogens with one attached hydrogen (secondary N) is 1. The fraction of sp³-hybridized carbons (Fsp3) is 0.143. The Bertz CT molecular complexity index is 692. The zero-order valence-electron chi connectivity index (χ0n) is 11.1. The lowest BCUT2D eigenvalue weighted by molar-refractivity contribution is -0.385. The number of pyridine rings is 1. The number of hydrogen-bond donors (Lipinski definition) is 2. The Labute approximate surface area is 121 Å². The Kier molecular flexibility index (Phi) is 4.43. The normalized spacial score (nSPS) is 9.90. The van der Waals surface area contributed by atoms with Crippen LogP contribution in [0.3, 0.4) is 0 Å². The van der Waals surface area contributed by atoms with Crippen molar-refractivity contribution in [3.63, 3.8) is 0 Å². The standard InChI is InChI=1S/C14H13N5O2/c15-6-10-1-3-11(4-2-10)8-17-14-12(7-16)5-13(9-18-14)19(20)21/h1-5,9H,6,8,15H2,(H,17,18). The molecular formula is C14H13N5O2. The fourth-order valence-corrected chi connectivity index (χ4v) is 1.76. The predicted octanol–water partition coefficient (Wildman–Crippen LogP) is 1.93. The van der Waals surface area contributed by atoms with Crippen LogP contribution in [0.15, 0.2) is 36.5 Å². The van der Waals surface area contributed by atoms with E-state index >= 15 is 0 Å². The molecule has 106 valence electrons. The summed E-state index contributed by atoms with van der Waals surface area (Å²) in [6, 6.07) is 10.8. The van der Waals surface area contributed by atoms with E-state index in [2.05, 4.69) is 10.3 Å². The first-order chi connectivity index (χ1) is 10.1. The van der Waals surface area contributed by atoms with Crippen LogP contribution >= 0.6 is 0 Å². The predicted molar refractivity (Wildman–Crippen MR) is 77.3 cm³/mol. The van der Waals surface area contributed by atoms with E-state index in [1.807, 2.05) is 30.3 Å². The average molecular weight is 283 g/mol. The van der Waals surface area contributed by atoms with Gasteiger partial charge in [-0.3, -0.25) is 10.1 Å². The van der Waals surface area contributed by atoms with Gasteiger partial charge >= 0.3 is 0 Å². The highest BCUT2D eigenvalue weighted by atomic mass is 16.6. The maximum atomic E-state index is 10.6. The molecule has 0 fully saturated rings. The van der Waals surface area contributed by atoms with E-state index in [9.17, 15) is 10.1 Å². The third-order valence-electron chi connectivity index (χ3n) is 2.92. The van der Waals surface area contributed by atoms with Crippen molar-refractivity contribution in [3.8, 4) is 6.07 Å². The van der Waals surface area contributed by atoms with E-state index in [1.165, 1.54) is 6.07 Å². The Hall–Kier alpha value is -2.98. The molecule has 1 aromatic heterocycles. The third kappa shape index (κ3) is 3.52. The monoisotopic (exact) mass is 283 g/mol. The number of aromatic nitrogens is 1. The molecule has 0 aliphatic rings. The Morgan fingerprint density at radius 2 is 2.00 bits per heavy atom. The first-order valence-corrected chi connectivity index (χ1v) is 6.20. The quantitative estimate of drug-likeness (QED) is 0.639. The lowest BCUT2D eigenvalue weighted by Gasteiger charge is -2.07. The van der Waals surface area contributed by atoms with Crippen molar-refractivity contribution < 1.29 is 4.92 Å². The molecule has 0 unspecified atom stereocenters. The van der Waals surface area contributed by atoms with Crippen molar-refractivity contribution in [2.24, 2.45) is 5.73 Å². The smallest absolute Gasteiger partial charge is 0.289 e. The molecule has 7 heteroatoms. The van der Waals surface area contributed by atoms with Gasteiger partial charge in [0, 0.05) is 19.2 Å². The first-order valence-electron chi connectivity index (χ1n) is 6.20. The van der Waals surface area contributed by atoms with Crippen molar-refractivity contribution in [2.75, 3.05) is 5.32 Å². The molecular weight excluding hydrogens is 270 g/mol. The number of hydrogen-bond acceptors (Lipinski definition) is 6. The average Bonchev–Trinajstić information content (AvgIpc) is 2.53. The highest BCUT2D eigenvalue weighted by Crippen LogP contribution is 2.18. The van der Waals surface area contributed by atoms with Crippen LogP contribution in [0.25, 0.3) is 0 Å². The number of benzene rings is 1. The molecule has 0 spiro atoms. The minimum Gasteiger partial charge on any atom is -0.365 e. The van der Waals surface area contributed by atoms with Gasteiger partial charge < -0.3 is 11.1 Å². The van der Waals surface area contributed by atoms with Gasteiger partial charge in [0.1, 0.15) is 23.6 Å². The molecule has 1 heterocycles. The Morgan fingerprint density at radius 1 is 1.33 bits per heavy atom. The summed E-state index contributed by atoms with van der Waals surface area (Å²) >= 11 is 0. The highest BCUT2D eigenvalue weighted by Gasteiger charge is 2.11. The van der Waals surface area contributed by atoms with E-state index in [1.54, 1.807) is 0 Å². The van der Waals surface area contributed by atoms with Crippen molar-refractivity contribution in [1.29, 1.82) is 5.26 Å². The van der Waals surface area contributed by atoms with Crippen LogP contribution in [0, 0.1) is 21.4 Å². The second-order valence-electron chi connectivity index (χ2n) is 4.33. The molecule has 7 nitrogen and oxygen atoms in total. The molecule has 0 saturated heterocycles. The van der Waals surface area contributed by atoms with E-state index in [0.29, 0.717) is 18.9 Å². The van der Waals surface area contributed by atoms with E-state index < -0.39 is 4.92 Å². The zero-order valence-corrected chi connectivity index (χ0v) is 11.1. The molecule has 0 bridgehead atoms. The largest absolute Gasteiger partial charge is 0.365 e. The van der Waals surface area contributed by atoms with Crippen LogP contribution in [-0.4, -0.2) is 9.91 Å². The molecule has 0 atom stereocenters. The van der Waals surface area contributed by atoms with Gasteiger partial charge in [-0.15, -0.1) is 0 Å². The fourth-order valence-electron chi connectivity index (χ4n) is 1.76. The van der Waals surface area contributed by atoms with Gasteiger partial charge in [0.25, 0.3) is 5.69 Å². The molecule has 0 radical (unpaired) electrons. The van der Waals surface area contributed by atoms with Gasteiger partial charge in [-0.25, -0.2) is 4.98 Å².